The summed E-state index contributed by atoms with van der Waals surface area (Å²) in [7, 11) is 2.84. The second kappa shape index (κ2) is 4.99. The van der Waals surface area contributed by atoms with Gasteiger partial charge in [-0.25, -0.2) is 4.79 Å². The molecule has 1 aromatic carbocycles. The van der Waals surface area contributed by atoms with E-state index < -0.39 is 11.4 Å². The average molecular weight is 236 g/mol. The van der Waals surface area contributed by atoms with E-state index in [4.69, 9.17) is 4.74 Å². The first-order valence-electron chi connectivity index (χ1n) is 5.19. The van der Waals surface area contributed by atoms with Crippen LogP contribution in [-0.4, -0.2) is 26.5 Å². The zero-order valence-electron chi connectivity index (χ0n) is 10.4. The lowest BCUT2D eigenvalue weighted by Crippen LogP contribution is -2.20. The lowest BCUT2D eigenvalue weighted by atomic mass is 9.84. The minimum absolute atomic E-state index is 0.401. The van der Waals surface area contributed by atoms with Crippen LogP contribution in [0.2, 0.25) is 0 Å². The zero-order valence-corrected chi connectivity index (χ0v) is 10.4. The largest absolute Gasteiger partial charge is 0.496 e. The van der Waals surface area contributed by atoms with Crippen LogP contribution in [0.4, 0.5) is 0 Å². The molecule has 1 rings (SSSR count). The number of esters is 1. The van der Waals surface area contributed by atoms with E-state index in [1.807, 2.05) is 0 Å². The first kappa shape index (κ1) is 13.2. The maximum atomic E-state index is 11.4. The van der Waals surface area contributed by atoms with Crippen molar-refractivity contribution in [3.05, 3.63) is 29.3 Å². The first-order chi connectivity index (χ1) is 7.96. The molecule has 92 valence electrons. The summed E-state index contributed by atoms with van der Waals surface area (Å²) in [6.07, 6.45) is 0.825. The van der Waals surface area contributed by atoms with Crippen molar-refractivity contribution in [3.63, 3.8) is 0 Å². The highest BCUT2D eigenvalue weighted by molar-refractivity contribution is 5.90. The molecular weight excluding hydrogens is 220 g/mol. The van der Waals surface area contributed by atoms with Gasteiger partial charge in [-0.15, -0.1) is 0 Å². The highest BCUT2D eigenvalue weighted by atomic mass is 16.5. The molecule has 0 N–H and O–H groups in total. The smallest absolute Gasteiger partial charge is 0.337 e. The first-order valence-corrected chi connectivity index (χ1v) is 5.19. The Balaban J connectivity index is 3.34. The summed E-state index contributed by atoms with van der Waals surface area (Å²) in [5, 5.41) is 0. The van der Waals surface area contributed by atoms with E-state index in [2.05, 4.69) is 4.74 Å². The third kappa shape index (κ3) is 2.64. The minimum Gasteiger partial charge on any atom is -0.496 e. The fourth-order valence-corrected chi connectivity index (χ4v) is 1.52. The highest BCUT2D eigenvalue weighted by Gasteiger charge is 2.25. The van der Waals surface area contributed by atoms with Gasteiger partial charge in [-0.2, -0.15) is 0 Å². The molecule has 17 heavy (non-hydrogen) atoms. The molecule has 0 atom stereocenters. The van der Waals surface area contributed by atoms with Gasteiger partial charge in [-0.05, 0) is 32.0 Å². The molecule has 0 aliphatic rings. The maximum absolute atomic E-state index is 11.4. The number of hydrogen-bond donors (Lipinski definition) is 0. The summed E-state index contributed by atoms with van der Waals surface area (Å²) in [4.78, 5) is 22.5. The van der Waals surface area contributed by atoms with Gasteiger partial charge >= 0.3 is 5.97 Å². The summed E-state index contributed by atoms with van der Waals surface area (Å²) in [6.45, 7) is 3.53. The van der Waals surface area contributed by atoms with Crippen LogP contribution in [0.5, 0.6) is 5.75 Å². The number of aldehydes is 1. The second-order valence-corrected chi connectivity index (χ2v) is 4.25. The third-order valence-electron chi connectivity index (χ3n) is 2.61. The minimum atomic E-state index is -0.713. The maximum Gasteiger partial charge on any atom is 0.337 e. The number of hydrogen-bond acceptors (Lipinski definition) is 4. The second-order valence-electron chi connectivity index (χ2n) is 4.25. The molecule has 0 aromatic heterocycles. The van der Waals surface area contributed by atoms with Gasteiger partial charge in [0.05, 0.1) is 19.8 Å². The number of methoxy groups -OCH3 is 2. The van der Waals surface area contributed by atoms with E-state index in [1.165, 1.54) is 14.2 Å². The number of benzene rings is 1. The number of rotatable bonds is 4. The standard InChI is InChI=1S/C13H16O4/c1-13(2,8-14)10-7-9(12(15)17-4)5-6-11(10)16-3/h5-8H,1-4H3. The van der Waals surface area contributed by atoms with Crippen molar-refractivity contribution in [3.8, 4) is 5.75 Å². The van der Waals surface area contributed by atoms with Gasteiger partial charge in [0.1, 0.15) is 12.0 Å². The fourth-order valence-electron chi connectivity index (χ4n) is 1.52. The molecular formula is C13H16O4. The quantitative estimate of drug-likeness (QED) is 0.592. The molecule has 1 aromatic rings. The molecule has 0 saturated carbocycles. The Morgan fingerprint density at radius 2 is 1.94 bits per heavy atom. The van der Waals surface area contributed by atoms with E-state index in [9.17, 15) is 9.59 Å². The Hall–Kier alpha value is -1.84. The Bertz CT molecular complexity index is 435. The Kier molecular flexibility index (Phi) is 3.89. The SMILES string of the molecule is COC(=O)c1ccc(OC)c(C(C)(C)C=O)c1. The number of carbonyl (C=O) groups is 2. The van der Waals surface area contributed by atoms with Crippen molar-refractivity contribution < 1.29 is 19.1 Å². The molecule has 4 heteroatoms. The molecule has 0 aliphatic heterocycles. The van der Waals surface area contributed by atoms with Crippen LogP contribution in [0, 0.1) is 0 Å². The van der Waals surface area contributed by atoms with Crippen molar-refractivity contribution in [1.82, 2.24) is 0 Å². The fraction of sp³-hybridized carbons (Fsp3) is 0.385. The molecule has 0 radical (unpaired) electrons. The number of ether oxygens (including phenoxy) is 2. The van der Waals surface area contributed by atoms with E-state index in [0.29, 0.717) is 16.9 Å². The third-order valence-corrected chi connectivity index (χ3v) is 2.61. The van der Waals surface area contributed by atoms with E-state index >= 15 is 0 Å². The van der Waals surface area contributed by atoms with Crippen molar-refractivity contribution in [1.29, 1.82) is 0 Å². The van der Waals surface area contributed by atoms with E-state index in [1.54, 1.807) is 32.0 Å². The average Bonchev–Trinajstić information content (AvgIpc) is 2.36. The summed E-state index contributed by atoms with van der Waals surface area (Å²) in [6, 6.07) is 4.89. The monoisotopic (exact) mass is 236 g/mol. The van der Waals surface area contributed by atoms with Crippen LogP contribution < -0.4 is 4.74 Å². The van der Waals surface area contributed by atoms with Crippen LogP contribution in [0.3, 0.4) is 0 Å². The predicted octanol–water partition coefficient (Wildman–Crippen LogP) is 1.96. The van der Waals surface area contributed by atoms with Crippen molar-refractivity contribution in [2.24, 2.45) is 0 Å². The van der Waals surface area contributed by atoms with Gasteiger partial charge in [-0.3, -0.25) is 0 Å². The summed E-state index contributed by atoms with van der Waals surface area (Å²) in [5.74, 6) is 0.144. The molecule has 0 bridgehead atoms. The van der Waals surface area contributed by atoms with Crippen LogP contribution in [0.25, 0.3) is 0 Å². The van der Waals surface area contributed by atoms with Gasteiger partial charge in [0.2, 0.25) is 0 Å². The summed E-state index contributed by atoms with van der Waals surface area (Å²) >= 11 is 0. The van der Waals surface area contributed by atoms with Crippen LogP contribution in [0.15, 0.2) is 18.2 Å². The van der Waals surface area contributed by atoms with E-state index in [0.717, 1.165) is 6.29 Å². The molecule has 0 heterocycles. The Morgan fingerprint density at radius 1 is 1.29 bits per heavy atom. The van der Waals surface area contributed by atoms with Gasteiger partial charge in [0.15, 0.2) is 0 Å². The summed E-state index contributed by atoms with van der Waals surface area (Å²) in [5.41, 5.74) is 0.353. The van der Waals surface area contributed by atoms with Crippen molar-refractivity contribution in [2.45, 2.75) is 19.3 Å². The zero-order chi connectivity index (χ0) is 13.1. The Morgan fingerprint density at radius 3 is 2.41 bits per heavy atom. The van der Waals surface area contributed by atoms with Crippen LogP contribution in [-0.2, 0) is 14.9 Å². The van der Waals surface area contributed by atoms with Gasteiger partial charge in [0.25, 0.3) is 0 Å². The molecule has 0 spiro atoms. The molecule has 4 nitrogen and oxygen atoms in total. The molecule has 0 aliphatic carbocycles. The van der Waals surface area contributed by atoms with E-state index in [-0.39, 0.29) is 0 Å². The topological polar surface area (TPSA) is 52.6 Å². The lowest BCUT2D eigenvalue weighted by Gasteiger charge is -2.21. The lowest BCUT2D eigenvalue weighted by molar-refractivity contribution is -0.111. The molecule has 0 unspecified atom stereocenters. The predicted molar refractivity (Wildman–Crippen MR) is 63.4 cm³/mol. The van der Waals surface area contributed by atoms with Gasteiger partial charge < -0.3 is 14.3 Å². The molecule has 0 saturated heterocycles. The molecule has 0 amide bonds. The Labute approximate surface area is 101 Å². The number of carbonyl (C=O) groups excluding carboxylic acids is 2. The highest BCUT2D eigenvalue weighted by Crippen LogP contribution is 2.31. The van der Waals surface area contributed by atoms with Gasteiger partial charge in [-0.1, -0.05) is 0 Å². The molecule has 0 fully saturated rings. The van der Waals surface area contributed by atoms with Crippen LogP contribution >= 0.6 is 0 Å². The van der Waals surface area contributed by atoms with Gasteiger partial charge in [0, 0.05) is 11.0 Å². The van der Waals surface area contributed by atoms with Crippen molar-refractivity contribution >= 4 is 12.3 Å². The van der Waals surface area contributed by atoms with Crippen molar-refractivity contribution in [2.75, 3.05) is 14.2 Å². The normalized spacial score (nSPS) is 10.8. The summed E-state index contributed by atoms with van der Waals surface area (Å²) < 4.78 is 9.83. The van der Waals surface area contributed by atoms with Crippen LogP contribution in [0.1, 0.15) is 29.8 Å².